The highest BCUT2D eigenvalue weighted by Crippen LogP contribution is 2.43. The summed E-state index contributed by atoms with van der Waals surface area (Å²) in [6, 6.07) is 13.0. The van der Waals surface area contributed by atoms with E-state index in [1.54, 1.807) is 60.9 Å². The first-order valence-corrected chi connectivity index (χ1v) is 11.4. The Morgan fingerprint density at radius 2 is 1.91 bits per heavy atom. The smallest absolute Gasteiger partial charge is 0.300 e. The number of carbonyl (C=O) groups is 2. The first-order valence-electron chi connectivity index (χ1n) is 11.0. The minimum atomic E-state index is -0.859. The summed E-state index contributed by atoms with van der Waals surface area (Å²) in [7, 11) is 0. The summed E-state index contributed by atoms with van der Waals surface area (Å²) in [6.07, 6.45) is 4.07. The molecule has 0 bridgehead atoms. The van der Waals surface area contributed by atoms with Crippen molar-refractivity contribution in [3.8, 4) is 5.75 Å². The Morgan fingerprint density at radius 1 is 1.12 bits per heavy atom. The van der Waals surface area contributed by atoms with Crippen LogP contribution in [0.3, 0.4) is 0 Å². The minimum absolute atomic E-state index is 0.000924. The van der Waals surface area contributed by atoms with Crippen LogP contribution in [0.1, 0.15) is 41.6 Å². The van der Waals surface area contributed by atoms with Gasteiger partial charge in [0.25, 0.3) is 11.7 Å². The van der Waals surface area contributed by atoms with Crippen molar-refractivity contribution in [3.05, 3.63) is 93.8 Å². The van der Waals surface area contributed by atoms with Crippen LogP contribution in [0.15, 0.2) is 66.5 Å². The molecular weight excluding hydrogens is 452 g/mol. The van der Waals surface area contributed by atoms with Crippen LogP contribution < -0.4 is 9.64 Å². The van der Waals surface area contributed by atoms with E-state index in [0.717, 1.165) is 17.5 Å². The van der Waals surface area contributed by atoms with Crippen LogP contribution in [-0.2, 0) is 9.59 Å². The first kappa shape index (κ1) is 23.5. The monoisotopic (exact) mass is 476 g/mol. The van der Waals surface area contributed by atoms with Gasteiger partial charge in [-0.25, -0.2) is 0 Å². The molecule has 1 aromatic heterocycles. The molecule has 1 aliphatic rings. The van der Waals surface area contributed by atoms with Gasteiger partial charge >= 0.3 is 0 Å². The summed E-state index contributed by atoms with van der Waals surface area (Å²) in [5.41, 5.74) is 3.11. The zero-order chi connectivity index (χ0) is 24.4. The van der Waals surface area contributed by atoms with Crippen LogP contribution >= 0.6 is 11.6 Å². The fraction of sp³-hybridized carbons (Fsp3) is 0.222. The van der Waals surface area contributed by atoms with Crippen LogP contribution in [0.2, 0.25) is 5.02 Å². The van der Waals surface area contributed by atoms with Gasteiger partial charge < -0.3 is 9.84 Å². The maximum absolute atomic E-state index is 13.3. The molecule has 174 valence electrons. The van der Waals surface area contributed by atoms with E-state index in [1.807, 2.05) is 20.8 Å². The molecule has 4 rings (SSSR count). The molecule has 1 saturated heterocycles. The van der Waals surface area contributed by atoms with Crippen LogP contribution in [-0.4, -0.2) is 28.4 Å². The lowest BCUT2D eigenvalue weighted by Crippen LogP contribution is -2.30. The van der Waals surface area contributed by atoms with E-state index in [2.05, 4.69) is 4.98 Å². The molecule has 1 N–H and O–H groups in total. The van der Waals surface area contributed by atoms with E-state index in [4.69, 9.17) is 16.3 Å². The second kappa shape index (κ2) is 9.69. The number of anilines is 1. The molecule has 0 aliphatic carbocycles. The van der Waals surface area contributed by atoms with Crippen molar-refractivity contribution in [2.75, 3.05) is 11.5 Å². The molecule has 2 aromatic carbocycles. The molecule has 1 atom stereocenters. The number of ketones is 1. The molecule has 6 nitrogen and oxygen atoms in total. The van der Waals surface area contributed by atoms with Crippen LogP contribution in [0.25, 0.3) is 5.76 Å². The number of aliphatic hydroxyl groups excluding tert-OH is 1. The number of pyridine rings is 1. The Bertz CT molecular complexity index is 1290. The van der Waals surface area contributed by atoms with Gasteiger partial charge in [-0.3, -0.25) is 19.5 Å². The maximum atomic E-state index is 13.3. The van der Waals surface area contributed by atoms with Gasteiger partial charge in [0.2, 0.25) is 0 Å². The Balaban J connectivity index is 1.89. The van der Waals surface area contributed by atoms with Gasteiger partial charge in [0, 0.05) is 28.7 Å². The highest BCUT2D eigenvalue weighted by atomic mass is 35.5. The van der Waals surface area contributed by atoms with Gasteiger partial charge in [0.15, 0.2) is 0 Å². The van der Waals surface area contributed by atoms with E-state index in [9.17, 15) is 14.7 Å². The average molecular weight is 477 g/mol. The predicted octanol–water partition coefficient (Wildman–Crippen LogP) is 5.77. The number of halogens is 1. The van der Waals surface area contributed by atoms with Crippen molar-refractivity contribution >= 4 is 34.7 Å². The van der Waals surface area contributed by atoms with E-state index in [1.165, 1.54) is 4.90 Å². The second-order valence-electron chi connectivity index (χ2n) is 8.22. The molecule has 2 heterocycles. The lowest BCUT2D eigenvalue weighted by atomic mass is 9.95. The molecule has 7 heteroatoms. The van der Waals surface area contributed by atoms with Crippen molar-refractivity contribution in [1.29, 1.82) is 0 Å². The molecular formula is C27H25ClN2O4. The third kappa shape index (κ3) is 4.29. The number of rotatable bonds is 6. The van der Waals surface area contributed by atoms with Crippen LogP contribution in [0, 0.1) is 13.8 Å². The number of hydrogen-bond donors (Lipinski definition) is 1. The van der Waals surface area contributed by atoms with Gasteiger partial charge in [-0.1, -0.05) is 30.7 Å². The van der Waals surface area contributed by atoms with Crippen LogP contribution in [0.4, 0.5) is 5.69 Å². The van der Waals surface area contributed by atoms with Crippen molar-refractivity contribution in [2.24, 2.45) is 0 Å². The number of benzene rings is 2. The predicted molar refractivity (Wildman–Crippen MR) is 132 cm³/mol. The van der Waals surface area contributed by atoms with Crippen molar-refractivity contribution in [1.82, 2.24) is 4.98 Å². The van der Waals surface area contributed by atoms with Crippen LogP contribution in [0.5, 0.6) is 5.75 Å². The number of amides is 1. The molecule has 1 unspecified atom stereocenters. The third-order valence-electron chi connectivity index (χ3n) is 5.79. The topological polar surface area (TPSA) is 79.7 Å². The first-order chi connectivity index (χ1) is 16.3. The highest BCUT2D eigenvalue weighted by Gasteiger charge is 2.47. The average Bonchev–Trinajstić information content (AvgIpc) is 3.10. The standard InChI is InChI=1S/C27H25ClN2O4/c1-4-12-34-22-10-8-18(13-17(22)3)25(31)23-24(19-6-5-11-29-15-19)30(27(33)26(23)32)21-14-20(28)9-7-16(21)2/h5-11,13-15,24,31H,4,12H2,1-3H3/b25-23+. The molecule has 1 aliphatic heterocycles. The number of ether oxygens (including phenoxy) is 1. The fourth-order valence-corrected chi connectivity index (χ4v) is 4.27. The molecule has 1 fully saturated rings. The van der Waals surface area contributed by atoms with E-state index < -0.39 is 17.7 Å². The zero-order valence-corrected chi connectivity index (χ0v) is 20.0. The largest absolute Gasteiger partial charge is 0.507 e. The van der Waals surface area contributed by atoms with Gasteiger partial charge in [-0.15, -0.1) is 0 Å². The Hall–Kier alpha value is -3.64. The SMILES string of the molecule is CCCOc1ccc(/C(O)=C2\C(=O)C(=O)N(c3cc(Cl)ccc3C)C2c2cccnc2)cc1C. The molecule has 3 aromatic rings. The number of carbonyl (C=O) groups excluding carboxylic acids is 2. The highest BCUT2D eigenvalue weighted by molar-refractivity contribution is 6.52. The number of aromatic nitrogens is 1. The van der Waals surface area contributed by atoms with Gasteiger partial charge in [0.05, 0.1) is 18.2 Å². The van der Waals surface area contributed by atoms with Gasteiger partial charge in [-0.2, -0.15) is 0 Å². The van der Waals surface area contributed by atoms with E-state index in [-0.39, 0.29) is 11.3 Å². The molecule has 0 saturated carbocycles. The minimum Gasteiger partial charge on any atom is -0.507 e. The zero-order valence-electron chi connectivity index (χ0n) is 19.2. The summed E-state index contributed by atoms with van der Waals surface area (Å²) < 4.78 is 5.73. The van der Waals surface area contributed by atoms with E-state index in [0.29, 0.717) is 34.2 Å². The number of hydrogen-bond acceptors (Lipinski definition) is 5. The lowest BCUT2D eigenvalue weighted by Gasteiger charge is -2.26. The van der Waals surface area contributed by atoms with Crippen molar-refractivity contribution < 1.29 is 19.4 Å². The number of aryl methyl sites for hydroxylation is 2. The lowest BCUT2D eigenvalue weighted by molar-refractivity contribution is -0.132. The third-order valence-corrected chi connectivity index (χ3v) is 6.02. The summed E-state index contributed by atoms with van der Waals surface area (Å²) in [4.78, 5) is 32.1. The molecule has 34 heavy (non-hydrogen) atoms. The van der Waals surface area contributed by atoms with E-state index >= 15 is 0 Å². The van der Waals surface area contributed by atoms with Crippen molar-refractivity contribution in [2.45, 2.75) is 33.2 Å². The summed E-state index contributed by atoms with van der Waals surface area (Å²) >= 11 is 6.23. The Labute approximate surface area is 203 Å². The van der Waals surface area contributed by atoms with Crippen molar-refractivity contribution in [3.63, 3.8) is 0 Å². The Morgan fingerprint density at radius 3 is 2.59 bits per heavy atom. The summed E-state index contributed by atoms with van der Waals surface area (Å²) in [5.74, 6) is -1.05. The molecule has 1 amide bonds. The van der Waals surface area contributed by atoms with Gasteiger partial charge in [-0.05, 0) is 73.4 Å². The maximum Gasteiger partial charge on any atom is 0.300 e. The second-order valence-corrected chi connectivity index (χ2v) is 8.65. The summed E-state index contributed by atoms with van der Waals surface area (Å²) in [6.45, 7) is 6.31. The fourth-order valence-electron chi connectivity index (χ4n) is 4.10. The molecule has 0 radical (unpaired) electrons. The summed E-state index contributed by atoms with van der Waals surface area (Å²) in [5, 5.41) is 11.7. The number of nitrogens with zero attached hydrogens (tertiary/aromatic N) is 2. The molecule has 0 spiro atoms. The normalized spacial score (nSPS) is 17.3. The van der Waals surface area contributed by atoms with Gasteiger partial charge in [0.1, 0.15) is 11.5 Å². The quantitative estimate of drug-likeness (QED) is 0.277. The Kier molecular flexibility index (Phi) is 6.70. The number of Topliss-reactive ketones (excluding diaryl/α,β-unsaturated/α-hetero) is 1. The number of aliphatic hydroxyl groups is 1.